The maximum atomic E-state index is 6.09. The maximum absolute atomic E-state index is 6.09. The van der Waals surface area contributed by atoms with E-state index in [9.17, 15) is 0 Å². The highest BCUT2D eigenvalue weighted by atomic mass is 35.5. The number of fused-ring (bicyclic) bond motifs is 1. The number of halogens is 1. The summed E-state index contributed by atoms with van der Waals surface area (Å²) in [6, 6.07) is 16.1. The predicted molar refractivity (Wildman–Crippen MR) is 88.4 cm³/mol. The van der Waals surface area contributed by atoms with Crippen molar-refractivity contribution in [3.63, 3.8) is 0 Å². The van der Waals surface area contributed by atoms with Crippen molar-refractivity contribution in [3.05, 3.63) is 59.5 Å². The van der Waals surface area contributed by atoms with Crippen LogP contribution in [0.3, 0.4) is 0 Å². The zero-order chi connectivity index (χ0) is 14.8. The number of hydrogen-bond donors (Lipinski definition) is 1. The van der Waals surface area contributed by atoms with Gasteiger partial charge in [-0.25, -0.2) is 9.97 Å². The molecule has 4 heteroatoms. The van der Waals surface area contributed by atoms with Crippen LogP contribution in [0.1, 0.15) is 25.6 Å². The second kappa shape index (κ2) is 5.70. The van der Waals surface area contributed by atoms with E-state index in [0.717, 1.165) is 22.7 Å². The molecule has 21 heavy (non-hydrogen) atoms. The number of benzene rings is 2. The number of anilines is 2. The summed E-state index contributed by atoms with van der Waals surface area (Å²) in [7, 11) is 0. The highest BCUT2D eigenvalue weighted by Crippen LogP contribution is 2.27. The van der Waals surface area contributed by atoms with Gasteiger partial charge in [0.2, 0.25) is 0 Å². The van der Waals surface area contributed by atoms with Crippen molar-refractivity contribution in [2.45, 2.75) is 19.8 Å². The van der Waals surface area contributed by atoms with Crippen LogP contribution in [0.4, 0.5) is 11.5 Å². The van der Waals surface area contributed by atoms with Crippen molar-refractivity contribution < 1.29 is 0 Å². The lowest BCUT2D eigenvalue weighted by molar-refractivity contribution is 0.776. The quantitative estimate of drug-likeness (QED) is 0.679. The van der Waals surface area contributed by atoms with Gasteiger partial charge in [0.15, 0.2) is 0 Å². The van der Waals surface area contributed by atoms with Gasteiger partial charge in [0, 0.05) is 23.1 Å². The van der Waals surface area contributed by atoms with Gasteiger partial charge >= 0.3 is 0 Å². The Balaban J connectivity index is 2.03. The molecule has 0 aliphatic carbocycles. The highest BCUT2D eigenvalue weighted by molar-refractivity contribution is 6.29. The van der Waals surface area contributed by atoms with Gasteiger partial charge in [-0.05, 0) is 11.5 Å². The van der Waals surface area contributed by atoms with E-state index >= 15 is 0 Å². The van der Waals surface area contributed by atoms with E-state index in [2.05, 4.69) is 33.5 Å². The van der Waals surface area contributed by atoms with Crippen LogP contribution in [0.25, 0.3) is 10.8 Å². The van der Waals surface area contributed by atoms with Crippen LogP contribution < -0.4 is 5.32 Å². The van der Waals surface area contributed by atoms with Crippen molar-refractivity contribution >= 4 is 33.9 Å². The predicted octanol–water partition coefficient (Wildman–Crippen LogP) is 5.15. The molecule has 0 saturated carbocycles. The minimum absolute atomic E-state index is 0.233. The summed E-state index contributed by atoms with van der Waals surface area (Å²) in [5.74, 6) is 1.69. The van der Waals surface area contributed by atoms with Gasteiger partial charge in [0.05, 0.1) is 0 Å². The first-order valence-electron chi connectivity index (χ1n) is 6.93. The van der Waals surface area contributed by atoms with E-state index < -0.39 is 0 Å². The first-order valence-corrected chi connectivity index (χ1v) is 7.30. The molecule has 0 atom stereocenters. The van der Waals surface area contributed by atoms with E-state index in [-0.39, 0.29) is 5.92 Å². The van der Waals surface area contributed by atoms with Crippen LogP contribution >= 0.6 is 11.6 Å². The lowest BCUT2D eigenvalue weighted by atomic mass is 10.1. The first-order chi connectivity index (χ1) is 10.1. The Kier molecular flexibility index (Phi) is 3.76. The smallest absolute Gasteiger partial charge is 0.135 e. The molecule has 0 radical (unpaired) electrons. The third-order valence-electron chi connectivity index (χ3n) is 3.28. The SMILES string of the molecule is CC(C)c1nc(Cl)cc(Nc2cccc3ccccc23)n1. The molecule has 3 nitrogen and oxygen atoms in total. The third-order valence-corrected chi connectivity index (χ3v) is 3.47. The van der Waals surface area contributed by atoms with E-state index in [0.29, 0.717) is 5.15 Å². The molecule has 0 aliphatic heterocycles. The second-order valence-corrected chi connectivity index (χ2v) is 5.63. The van der Waals surface area contributed by atoms with Gasteiger partial charge < -0.3 is 5.32 Å². The molecule has 1 N–H and O–H groups in total. The minimum Gasteiger partial charge on any atom is -0.340 e. The average molecular weight is 298 g/mol. The fourth-order valence-electron chi connectivity index (χ4n) is 2.23. The van der Waals surface area contributed by atoms with Crippen molar-refractivity contribution in [1.29, 1.82) is 0 Å². The Morgan fingerprint density at radius 2 is 1.76 bits per heavy atom. The van der Waals surface area contributed by atoms with Crippen LogP contribution in [-0.4, -0.2) is 9.97 Å². The van der Waals surface area contributed by atoms with Gasteiger partial charge in [-0.3, -0.25) is 0 Å². The summed E-state index contributed by atoms with van der Waals surface area (Å²) in [5.41, 5.74) is 1.01. The largest absolute Gasteiger partial charge is 0.340 e. The van der Waals surface area contributed by atoms with Crippen molar-refractivity contribution in [2.75, 3.05) is 5.32 Å². The van der Waals surface area contributed by atoms with Gasteiger partial charge in [-0.15, -0.1) is 0 Å². The Morgan fingerprint density at radius 3 is 2.57 bits per heavy atom. The number of nitrogens with zero attached hydrogens (tertiary/aromatic N) is 2. The van der Waals surface area contributed by atoms with E-state index in [1.165, 1.54) is 5.39 Å². The van der Waals surface area contributed by atoms with E-state index in [1.54, 1.807) is 6.07 Å². The highest BCUT2D eigenvalue weighted by Gasteiger charge is 2.08. The van der Waals surface area contributed by atoms with Crippen LogP contribution in [0.5, 0.6) is 0 Å². The fraction of sp³-hybridized carbons (Fsp3) is 0.176. The molecular formula is C17H16ClN3. The Hall–Kier alpha value is -2.13. The molecule has 0 fully saturated rings. The van der Waals surface area contributed by atoms with Crippen LogP contribution in [0, 0.1) is 0 Å². The molecule has 1 aromatic heterocycles. The molecule has 0 amide bonds. The summed E-state index contributed by atoms with van der Waals surface area (Å²) in [4.78, 5) is 8.78. The number of nitrogens with one attached hydrogen (secondary N) is 1. The van der Waals surface area contributed by atoms with Crippen molar-refractivity contribution in [3.8, 4) is 0 Å². The number of aromatic nitrogens is 2. The number of hydrogen-bond acceptors (Lipinski definition) is 3. The molecule has 0 unspecified atom stereocenters. The van der Waals surface area contributed by atoms with Gasteiger partial charge in [0.1, 0.15) is 16.8 Å². The average Bonchev–Trinajstić information content (AvgIpc) is 2.47. The monoisotopic (exact) mass is 297 g/mol. The third kappa shape index (κ3) is 2.98. The van der Waals surface area contributed by atoms with Gasteiger partial charge in [-0.1, -0.05) is 61.8 Å². The molecule has 1 heterocycles. The lowest BCUT2D eigenvalue weighted by Gasteiger charge is -2.11. The van der Waals surface area contributed by atoms with Crippen molar-refractivity contribution in [2.24, 2.45) is 0 Å². The minimum atomic E-state index is 0.233. The standard InChI is InChI=1S/C17H16ClN3/c1-11(2)17-20-15(18)10-16(21-17)19-14-9-5-7-12-6-3-4-8-13(12)14/h3-11H,1-2H3,(H,19,20,21). The molecule has 3 rings (SSSR count). The van der Waals surface area contributed by atoms with E-state index in [1.807, 2.05) is 38.1 Å². The Morgan fingerprint density at radius 1 is 1.00 bits per heavy atom. The second-order valence-electron chi connectivity index (χ2n) is 5.24. The van der Waals surface area contributed by atoms with Crippen molar-refractivity contribution in [1.82, 2.24) is 9.97 Å². The molecule has 0 aliphatic rings. The molecule has 0 spiro atoms. The summed E-state index contributed by atoms with van der Waals surface area (Å²) < 4.78 is 0. The van der Waals surface area contributed by atoms with Crippen LogP contribution in [0.15, 0.2) is 48.5 Å². The topological polar surface area (TPSA) is 37.8 Å². The Labute approximate surface area is 129 Å². The Bertz CT molecular complexity index is 779. The summed E-state index contributed by atoms with van der Waals surface area (Å²) >= 11 is 6.09. The maximum Gasteiger partial charge on any atom is 0.135 e. The molecule has 3 aromatic rings. The van der Waals surface area contributed by atoms with Crippen LogP contribution in [-0.2, 0) is 0 Å². The summed E-state index contributed by atoms with van der Waals surface area (Å²) in [6.45, 7) is 4.10. The normalized spacial score (nSPS) is 11.0. The van der Waals surface area contributed by atoms with Crippen LogP contribution in [0.2, 0.25) is 5.15 Å². The number of rotatable bonds is 3. The molecule has 2 aromatic carbocycles. The first kappa shape index (κ1) is 13.8. The fourth-order valence-corrected chi connectivity index (χ4v) is 2.42. The molecule has 0 bridgehead atoms. The summed E-state index contributed by atoms with van der Waals surface area (Å²) in [6.07, 6.45) is 0. The molecule has 0 saturated heterocycles. The zero-order valence-corrected chi connectivity index (χ0v) is 12.7. The lowest BCUT2D eigenvalue weighted by Crippen LogP contribution is -2.02. The van der Waals surface area contributed by atoms with Gasteiger partial charge in [-0.2, -0.15) is 0 Å². The van der Waals surface area contributed by atoms with Gasteiger partial charge in [0.25, 0.3) is 0 Å². The zero-order valence-electron chi connectivity index (χ0n) is 12.0. The molecule has 106 valence electrons. The van der Waals surface area contributed by atoms with E-state index in [4.69, 9.17) is 11.6 Å². The molecular weight excluding hydrogens is 282 g/mol. The summed E-state index contributed by atoms with van der Waals surface area (Å²) in [5, 5.41) is 6.14.